The molecule has 2 unspecified atom stereocenters. The molecule has 1 amide bonds. The fourth-order valence-electron chi connectivity index (χ4n) is 2.31. The van der Waals surface area contributed by atoms with E-state index in [0.29, 0.717) is 5.92 Å². The summed E-state index contributed by atoms with van der Waals surface area (Å²) in [5.74, 6) is 1.49. The van der Waals surface area contributed by atoms with Gasteiger partial charge < -0.3 is 5.32 Å². The molecule has 0 fully saturated rings. The summed E-state index contributed by atoms with van der Waals surface area (Å²) in [5.41, 5.74) is 2.10. The average molecular weight is 410 g/mol. The van der Waals surface area contributed by atoms with Crippen LogP contribution in [-0.2, 0) is 4.79 Å². The predicted molar refractivity (Wildman–Crippen MR) is 115 cm³/mol. The zero-order valence-corrected chi connectivity index (χ0v) is 18.3. The number of carbonyl (C=O) groups excluding carboxylic acids is 1. The molecule has 26 heavy (non-hydrogen) atoms. The highest BCUT2D eigenvalue weighted by atomic mass is 32.2. The summed E-state index contributed by atoms with van der Waals surface area (Å²) in [4.78, 5) is 12.6. The molecule has 0 bridgehead atoms. The number of hydrogen-bond acceptors (Lipinski definition) is 6. The molecule has 2 aromatic rings. The van der Waals surface area contributed by atoms with Crippen LogP contribution in [0.3, 0.4) is 0 Å². The Labute approximate surface area is 169 Å². The van der Waals surface area contributed by atoms with Crippen LogP contribution < -0.4 is 5.32 Å². The number of carbonyl (C=O) groups is 1. The van der Waals surface area contributed by atoms with Crippen molar-refractivity contribution in [2.45, 2.75) is 66.8 Å². The lowest BCUT2D eigenvalue weighted by molar-refractivity contribution is -0.115. The van der Waals surface area contributed by atoms with Crippen LogP contribution in [0.2, 0.25) is 0 Å². The van der Waals surface area contributed by atoms with Gasteiger partial charge in [-0.3, -0.25) is 4.79 Å². The van der Waals surface area contributed by atoms with Gasteiger partial charge in [0.25, 0.3) is 0 Å². The molecule has 1 N–H and O–H groups in total. The molecule has 142 valence electrons. The van der Waals surface area contributed by atoms with Gasteiger partial charge in [-0.1, -0.05) is 80.3 Å². The van der Waals surface area contributed by atoms with Crippen molar-refractivity contribution >= 4 is 46.5 Å². The van der Waals surface area contributed by atoms with Crippen LogP contribution in [0.4, 0.5) is 5.69 Å². The van der Waals surface area contributed by atoms with Crippen molar-refractivity contribution in [3.05, 3.63) is 29.8 Å². The zero-order chi connectivity index (χ0) is 18.9. The Morgan fingerprint density at radius 3 is 2.65 bits per heavy atom. The predicted octanol–water partition coefficient (Wildman–Crippen LogP) is 6.06. The lowest BCUT2D eigenvalue weighted by atomic mass is 9.97. The molecule has 0 aliphatic heterocycles. The van der Waals surface area contributed by atoms with E-state index in [1.807, 2.05) is 25.1 Å². The number of aromatic nitrogens is 2. The van der Waals surface area contributed by atoms with Crippen LogP contribution in [0.15, 0.2) is 32.9 Å². The topological polar surface area (TPSA) is 54.9 Å². The third-order valence-corrected chi connectivity index (χ3v) is 7.45. The van der Waals surface area contributed by atoms with E-state index in [9.17, 15) is 4.79 Å². The molecule has 0 saturated carbocycles. The lowest BCUT2D eigenvalue weighted by Crippen LogP contribution is -2.23. The summed E-state index contributed by atoms with van der Waals surface area (Å²) in [6.07, 6.45) is 3.41. The third-order valence-electron chi connectivity index (χ3n) is 4.12. The largest absolute Gasteiger partial charge is 0.325 e. The molecule has 0 aliphatic rings. The van der Waals surface area contributed by atoms with Crippen LogP contribution in [0, 0.1) is 0 Å². The first kappa shape index (κ1) is 21.3. The van der Waals surface area contributed by atoms with Crippen molar-refractivity contribution < 1.29 is 4.79 Å². The molecule has 1 heterocycles. The summed E-state index contributed by atoms with van der Waals surface area (Å²) in [6, 6.07) is 8.05. The summed E-state index contributed by atoms with van der Waals surface area (Å²) < 4.78 is 1.83. The minimum absolute atomic E-state index is 0.00105. The number of nitrogens with zero attached hydrogens (tertiary/aromatic N) is 2. The highest BCUT2D eigenvalue weighted by Crippen LogP contribution is 2.32. The van der Waals surface area contributed by atoms with Crippen LogP contribution in [-0.4, -0.2) is 27.1 Å². The Bertz CT molecular complexity index is 705. The molecule has 7 heteroatoms. The average Bonchev–Trinajstić information content (AvgIpc) is 3.09. The maximum atomic E-state index is 12.6. The Balaban J connectivity index is 1.94. The van der Waals surface area contributed by atoms with Crippen LogP contribution in [0.1, 0.15) is 58.4 Å². The first-order valence-corrected chi connectivity index (χ1v) is 11.8. The molecule has 1 aromatic carbocycles. The molecule has 4 nitrogen and oxygen atoms in total. The summed E-state index contributed by atoms with van der Waals surface area (Å²) in [5, 5.41) is 11.3. The van der Waals surface area contributed by atoms with E-state index in [4.69, 9.17) is 0 Å². The molecule has 2 rings (SSSR count). The minimum atomic E-state index is -0.221. The van der Waals surface area contributed by atoms with Crippen LogP contribution >= 0.6 is 34.9 Å². The van der Waals surface area contributed by atoms with Gasteiger partial charge in [0.2, 0.25) is 5.91 Å². The fourth-order valence-corrected chi connectivity index (χ4v) is 5.62. The summed E-state index contributed by atoms with van der Waals surface area (Å²) in [7, 11) is 0. The van der Waals surface area contributed by atoms with Gasteiger partial charge in [-0.15, -0.1) is 10.2 Å². The summed E-state index contributed by atoms with van der Waals surface area (Å²) in [6.45, 7) is 8.44. The molecule has 1 aromatic heterocycles. The van der Waals surface area contributed by atoms with E-state index < -0.39 is 0 Å². The number of nitrogens with one attached hydrogen (secondary N) is 1. The van der Waals surface area contributed by atoms with Crippen molar-refractivity contribution in [1.29, 1.82) is 0 Å². The highest BCUT2D eigenvalue weighted by Gasteiger charge is 2.19. The van der Waals surface area contributed by atoms with E-state index in [0.717, 1.165) is 26.5 Å². The molecule has 0 radical (unpaired) electrons. The SMILES string of the molecule is CCCCSc1nnc(SC(C)C(=O)Nc2ccccc2C(C)CC)s1. The van der Waals surface area contributed by atoms with Gasteiger partial charge in [-0.25, -0.2) is 0 Å². The fraction of sp³-hybridized carbons (Fsp3) is 0.526. The first-order valence-electron chi connectivity index (χ1n) is 9.07. The number of hydrogen-bond donors (Lipinski definition) is 1. The van der Waals surface area contributed by atoms with Gasteiger partial charge in [-0.2, -0.15) is 0 Å². The smallest absolute Gasteiger partial charge is 0.237 e. The Kier molecular flexibility index (Phi) is 8.95. The van der Waals surface area contributed by atoms with Gasteiger partial charge >= 0.3 is 0 Å². The number of amides is 1. The molecule has 0 spiro atoms. The van der Waals surface area contributed by atoms with Gasteiger partial charge in [0.05, 0.1) is 5.25 Å². The Morgan fingerprint density at radius 1 is 1.19 bits per heavy atom. The molecular formula is C19H27N3OS3. The van der Waals surface area contributed by atoms with Gasteiger partial charge in [-0.05, 0) is 37.3 Å². The van der Waals surface area contributed by atoms with E-state index >= 15 is 0 Å². The normalized spacial score (nSPS) is 13.4. The second-order valence-electron chi connectivity index (χ2n) is 6.18. The third kappa shape index (κ3) is 6.28. The van der Waals surface area contributed by atoms with E-state index in [-0.39, 0.29) is 11.2 Å². The van der Waals surface area contributed by atoms with Crippen LogP contribution in [0.5, 0.6) is 0 Å². The monoisotopic (exact) mass is 409 g/mol. The van der Waals surface area contributed by atoms with Crippen LogP contribution in [0.25, 0.3) is 0 Å². The maximum Gasteiger partial charge on any atom is 0.237 e. The van der Waals surface area contributed by atoms with Gasteiger partial charge in [0.15, 0.2) is 8.68 Å². The van der Waals surface area contributed by atoms with E-state index in [1.165, 1.54) is 30.2 Å². The zero-order valence-electron chi connectivity index (χ0n) is 15.8. The maximum absolute atomic E-state index is 12.6. The van der Waals surface area contributed by atoms with E-state index in [1.54, 1.807) is 23.1 Å². The van der Waals surface area contributed by atoms with Gasteiger partial charge in [0, 0.05) is 11.4 Å². The summed E-state index contributed by atoms with van der Waals surface area (Å²) >= 11 is 4.78. The molecular weight excluding hydrogens is 382 g/mol. The Hall–Kier alpha value is -1.05. The second-order valence-corrected chi connectivity index (χ2v) is 10.1. The molecule has 0 saturated heterocycles. The quantitative estimate of drug-likeness (QED) is 0.381. The number of benzene rings is 1. The molecule has 0 aliphatic carbocycles. The van der Waals surface area contributed by atoms with Crippen molar-refractivity contribution in [2.75, 3.05) is 11.1 Å². The number of anilines is 1. The molecule has 2 atom stereocenters. The van der Waals surface area contributed by atoms with Crippen molar-refractivity contribution in [3.8, 4) is 0 Å². The van der Waals surface area contributed by atoms with Crippen molar-refractivity contribution in [1.82, 2.24) is 10.2 Å². The number of unbranched alkanes of at least 4 members (excludes halogenated alkanes) is 1. The number of rotatable bonds is 10. The minimum Gasteiger partial charge on any atom is -0.325 e. The van der Waals surface area contributed by atoms with Crippen molar-refractivity contribution in [2.24, 2.45) is 0 Å². The van der Waals surface area contributed by atoms with Gasteiger partial charge in [0.1, 0.15) is 0 Å². The highest BCUT2D eigenvalue weighted by molar-refractivity contribution is 8.03. The lowest BCUT2D eigenvalue weighted by Gasteiger charge is -2.17. The van der Waals surface area contributed by atoms with Crippen molar-refractivity contribution in [3.63, 3.8) is 0 Å². The first-order chi connectivity index (χ1) is 12.5. The van der Waals surface area contributed by atoms with E-state index in [2.05, 4.69) is 42.4 Å². The Morgan fingerprint density at radius 2 is 1.92 bits per heavy atom. The number of thioether (sulfide) groups is 2. The number of para-hydroxylation sites is 1. The standard InChI is InChI=1S/C19H27N3OS3/c1-5-7-12-24-18-21-22-19(26-18)25-14(4)17(23)20-16-11-9-8-10-15(16)13(3)6-2/h8-11,13-14H,5-7,12H2,1-4H3,(H,20,23). The second kappa shape index (κ2) is 10.9.